The van der Waals surface area contributed by atoms with Crippen molar-refractivity contribution in [2.45, 2.75) is 27.2 Å². The Labute approximate surface area is 119 Å². The lowest BCUT2D eigenvalue weighted by Crippen LogP contribution is -2.32. The van der Waals surface area contributed by atoms with Gasteiger partial charge >= 0.3 is 0 Å². The Balaban J connectivity index is 2.19. The molecule has 2 amide bonds. The molecule has 1 aromatic rings. The molecule has 0 aromatic heterocycles. The van der Waals surface area contributed by atoms with Gasteiger partial charge in [-0.1, -0.05) is 6.07 Å². The Kier molecular flexibility index (Phi) is 6.56. The largest absolute Gasteiger partial charge is 0.484 e. The Morgan fingerprint density at radius 1 is 1.10 bits per heavy atom. The molecular formula is C15H22N2O3. The number of rotatable bonds is 7. The summed E-state index contributed by atoms with van der Waals surface area (Å²) in [7, 11) is 0. The van der Waals surface area contributed by atoms with Crippen LogP contribution < -0.4 is 15.4 Å². The van der Waals surface area contributed by atoms with E-state index >= 15 is 0 Å². The number of nitrogens with one attached hydrogen (secondary N) is 2. The van der Waals surface area contributed by atoms with Crippen molar-refractivity contribution in [3.8, 4) is 5.75 Å². The molecule has 0 spiro atoms. The van der Waals surface area contributed by atoms with Crippen LogP contribution in [0, 0.1) is 13.8 Å². The lowest BCUT2D eigenvalue weighted by molar-refractivity contribution is -0.123. The lowest BCUT2D eigenvalue weighted by Gasteiger charge is -2.09. The molecular weight excluding hydrogens is 256 g/mol. The predicted molar refractivity (Wildman–Crippen MR) is 77.7 cm³/mol. The maximum absolute atomic E-state index is 11.5. The van der Waals surface area contributed by atoms with E-state index in [1.807, 2.05) is 32.0 Å². The minimum absolute atomic E-state index is 0.00262. The zero-order chi connectivity index (χ0) is 15.0. The van der Waals surface area contributed by atoms with Gasteiger partial charge in [0.05, 0.1) is 0 Å². The molecule has 0 heterocycles. The fourth-order valence-electron chi connectivity index (χ4n) is 1.58. The van der Waals surface area contributed by atoms with Crippen LogP contribution in [-0.4, -0.2) is 31.5 Å². The van der Waals surface area contributed by atoms with Gasteiger partial charge in [0.15, 0.2) is 6.61 Å². The Morgan fingerprint density at radius 2 is 1.80 bits per heavy atom. The summed E-state index contributed by atoms with van der Waals surface area (Å²) in [6.45, 7) is 6.59. The minimum Gasteiger partial charge on any atom is -0.484 e. The average molecular weight is 278 g/mol. The van der Waals surface area contributed by atoms with E-state index < -0.39 is 0 Å². The topological polar surface area (TPSA) is 67.4 Å². The highest BCUT2D eigenvalue weighted by Crippen LogP contribution is 2.16. The van der Waals surface area contributed by atoms with Crippen LogP contribution in [0.2, 0.25) is 0 Å². The number of hydrogen-bond donors (Lipinski definition) is 2. The van der Waals surface area contributed by atoms with Crippen LogP contribution in [0.3, 0.4) is 0 Å². The highest BCUT2D eigenvalue weighted by Gasteiger charge is 2.03. The third-order valence-electron chi connectivity index (χ3n) is 2.90. The SMILES string of the molecule is CC(=O)NCCCNC(=O)COc1ccc(C)c(C)c1. The smallest absolute Gasteiger partial charge is 0.257 e. The van der Waals surface area contributed by atoms with Gasteiger partial charge in [0.1, 0.15) is 5.75 Å². The van der Waals surface area contributed by atoms with Gasteiger partial charge in [0, 0.05) is 20.0 Å². The molecule has 0 unspecified atom stereocenters. The summed E-state index contributed by atoms with van der Waals surface area (Å²) in [4.78, 5) is 22.2. The summed E-state index contributed by atoms with van der Waals surface area (Å²) in [6, 6.07) is 5.74. The third kappa shape index (κ3) is 6.22. The standard InChI is InChI=1S/C15H22N2O3/c1-11-5-6-14(9-12(11)2)20-10-15(19)17-8-4-7-16-13(3)18/h5-6,9H,4,7-8,10H2,1-3H3,(H,16,18)(H,17,19). The quantitative estimate of drug-likeness (QED) is 0.739. The molecule has 20 heavy (non-hydrogen) atoms. The van der Waals surface area contributed by atoms with Crippen LogP contribution in [0.15, 0.2) is 18.2 Å². The lowest BCUT2D eigenvalue weighted by atomic mass is 10.1. The molecule has 5 nitrogen and oxygen atoms in total. The van der Waals surface area contributed by atoms with E-state index in [9.17, 15) is 9.59 Å². The third-order valence-corrected chi connectivity index (χ3v) is 2.90. The van der Waals surface area contributed by atoms with Crippen LogP contribution in [0.5, 0.6) is 5.75 Å². The molecule has 0 bridgehead atoms. The van der Waals surface area contributed by atoms with Gasteiger partial charge in [0.2, 0.25) is 5.91 Å². The Morgan fingerprint density at radius 3 is 2.45 bits per heavy atom. The van der Waals surface area contributed by atoms with Gasteiger partial charge in [-0.2, -0.15) is 0 Å². The summed E-state index contributed by atoms with van der Waals surface area (Å²) >= 11 is 0. The summed E-state index contributed by atoms with van der Waals surface area (Å²) in [5.74, 6) is 0.474. The highest BCUT2D eigenvalue weighted by molar-refractivity contribution is 5.77. The van der Waals surface area contributed by atoms with E-state index in [1.165, 1.54) is 12.5 Å². The maximum atomic E-state index is 11.5. The molecule has 1 rings (SSSR count). The monoisotopic (exact) mass is 278 g/mol. The zero-order valence-corrected chi connectivity index (χ0v) is 12.3. The maximum Gasteiger partial charge on any atom is 0.257 e. The number of hydrogen-bond acceptors (Lipinski definition) is 3. The van der Waals surface area contributed by atoms with Gasteiger partial charge in [-0.05, 0) is 43.5 Å². The van der Waals surface area contributed by atoms with Gasteiger partial charge < -0.3 is 15.4 Å². The number of carbonyl (C=O) groups is 2. The van der Waals surface area contributed by atoms with Crippen LogP contribution in [0.25, 0.3) is 0 Å². The molecule has 0 fully saturated rings. The first kappa shape index (κ1) is 16.0. The highest BCUT2D eigenvalue weighted by atomic mass is 16.5. The first-order valence-corrected chi connectivity index (χ1v) is 6.70. The van der Waals surface area contributed by atoms with E-state index in [1.54, 1.807) is 0 Å². The van der Waals surface area contributed by atoms with Gasteiger partial charge in [-0.15, -0.1) is 0 Å². The molecule has 0 aliphatic carbocycles. The zero-order valence-electron chi connectivity index (χ0n) is 12.3. The van der Waals surface area contributed by atoms with Crippen molar-refractivity contribution in [3.63, 3.8) is 0 Å². The first-order chi connectivity index (χ1) is 9.49. The van der Waals surface area contributed by atoms with Crippen LogP contribution in [0.1, 0.15) is 24.5 Å². The number of ether oxygens (including phenoxy) is 1. The van der Waals surface area contributed by atoms with E-state index in [0.717, 1.165) is 5.56 Å². The predicted octanol–water partition coefficient (Wildman–Crippen LogP) is 1.32. The van der Waals surface area contributed by atoms with E-state index in [4.69, 9.17) is 4.74 Å². The van der Waals surface area contributed by atoms with Crippen LogP contribution in [0.4, 0.5) is 0 Å². The average Bonchev–Trinajstić information content (AvgIpc) is 2.39. The number of amides is 2. The van der Waals surface area contributed by atoms with E-state index in [2.05, 4.69) is 10.6 Å². The van der Waals surface area contributed by atoms with Crippen molar-refractivity contribution in [1.82, 2.24) is 10.6 Å². The van der Waals surface area contributed by atoms with E-state index in [0.29, 0.717) is 25.3 Å². The van der Waals surface area contributed by atoms with Gasteiger partial charge in [-0.25, -0.2) is 0 Å². The Hall–Kier alpha value is -2.04. The number of carbonyl (C=O) groups excluding carboxylic acids is 2. The second kappa shape index (κ2) is 8.19. The normalized spacial score (nSPS) is 9.95. The van der Waals surface area contributed by atoms with Crippen molar-refractivity contribution < 1.29 is 14.3 Å². The molecule has 0 saturated carbocycles. The molecule has 5 heteroatoms. The second-order valence-corrected chi connectivity index (χ2v) is 4.72. The molecule has 0 saturated heterocycles. The molecule has 0 atom stereocenters. The second-order valence-electron chi connectivity index (χ2n) is 4.72. The van der Waals surface area contributed by atoms with Crippen molar-refractivity contribution in [1.29, 1.82) is 0 Å². The fourth-order valence-corrected chi connectivity index (χ4v) is 1.58. The first-order valence-electron chi connectivity index (χ1n) is 6.70. The Bertz CT molecular complexity index is 472. The summed E-state index contributed by atoms with van der Waals surface area (Å²) in [6.07, 6.45) is 0.703. The van der Waals surface area contributed by atoms with Crippen LogP contribution in [-0.2, 0) is 9.59 Å². The number of benzene rings is 1. The summed E-state index contributed by atoms with van der Waals surface area (Å²) in [5.41, 5.74) is 2.33. The fraction of sp³-hybridized carbons (Fsp3) is 0.467. The van der Waals surface area contributed by atoms with Gasteiger partial charge in [0.25, 0.3) is 5.91 Å². The molecule has 0 aliphatic heterocycles. The van der Waals surface area contributed by atoms with Gasteiger partial charge in [-0.3, -0.25) is 9.59 Å². The van der Waals surface area contributed by atoms with Crippen molar-refractivity contribution in [2.24, 2.45) is 0 Å². The number of aryl methyl sites for hydroxylation is 2. The van der Waals surface area contributed by atoms with Crippen molar-refractivity contribution >= 4 is 11.8 Å². The van der Waals surface area contributed by atoms with Crippen molar-refractivity contribution in [3.05, 3.63) is 29.3 Å². The molecule has 110 valence electrons. The summed E-state index contributed by atoms with van der Waals surface area (Å²) in [5, 5.41) is 5.40. The van der Waals surface area contributed by atoms with E-state index in [-0.39, 0.29) is 18.4 Å². The van der Waals surface area contributed by atoms with Crippen LogP contribution >= 0.6 is 0 Å². The molecule has 2 N–H and O–H groups in total. The minimum atomic E-state index is -0.161. The molecule has 0 aliphatic rings. The molecule has 1 aromatic carbocycles. The van der Waals surface area contributed by atoms with Crippen molar-refractivity contribution in [2.75, 3.05) is 19.7 Å². The molecule has 0 radical (unpaired) electrons. The summed E-state index contributed by atoms with van der Waals surface area (Å²) < 4.78 is 5.42.